The minimum Gasteiger partial charge on any atom is -0.391 e. The smallest absolute Gasteiger partial charge is 0.391 e. The molecule has 5 nitrogen and oxygen atoms in total. The van der Waals surface area contributed by atoms with E-state index in [2.05, 4.69) is 4.98 Å². The molecule has 1 saturated heterocycles. The summed E-state index contributed by atoms with van der Waals surface area (Å²) in [6.07, 6.45) is -5.51. The van der Waals surface area contributed by atoms with Crippen LogP contribution in [0.1, 0.15) is 34.1 Å². The molecule has 1 fully saturated rings. The molecule has 2 heterocycles. The van der Waals surface area contributed by atoms with E-state index in [1.807, 2.05) is 0 Å². The molecule has 1 amide bonds. The Labute approximate surface area is 140 Å². The van der Waals surface area contributed by atoms with Crippen molar-refractivity contribution >= 4 is 5.91 Å². The van der Waals surface area contributed by atoms with E-state index in [9.17, 15) is 27.9 Å². The standard InChI is InChI=1S/C17H15F3N2O3/c18-17(19,20)12-5-2-1-4-11(12)14-8-10(23)9-22(14)16(25)13-6-3-7-15(24)21-13/h1-7,10,14,23H,8-9H2,(H,21,24). The Kier molecular flexibility index (Phi) is 4.38. The summed E-state index contributed by atoms with van der Waals surface area (Å²) in [4.78, 5) is 27.6. The van der Waals surface area contributed by atoms with Crippen molar-refractivity contribution in [1.82, 2.24) is 9.88 Å². The van der Waals surface area contributed by atoms with Crippen molar-refractivity contribution in [2.45, 2.75) is 24.7 Å². The van der Waals surface area contributed by atoms with Gasteiger partial charge in [0.05, 0.1) is 17.7 Å². The van der Waals surface area contributed by atoms with Crippen molar-refractivity contribution in [2.75, 3.05) is 6.54 Å². The molecule has 0 aliphatic carbocycles. The van der Waals surface area contributed by atoms with Crippen molar-refractivity contribution < 1.29 is 23.1 Å². The number of nitrogens with one attached hydrogen (secondary N) is 1. The molecule has 2 unspecified atom stereocenters. The van der Waals surface area contributed by atoms with Gasteiger partial charge in [-0.15, -0.1) is 0 Å². The molecule has 1 aromatic heterocycles. The van der Waals surface area contributed by atoms with Crippen LogP contribution < -0.4 is 5.56 Å². The third-order valence-electron chi connectivity index (χ3n) is 4.16. The lowest BCUT2D eigenvalue weighted by Gasteiger charge is -2.27. The summed E-state index contributed by atoms with van der Waals surface area (Å²) in [6, 6.07) is 8.06. The molecule has 25 heavy (non-hydrogen) atoms. The first-order chi connectivity index (χ1) is 11.8. The summed E-state index contributed by atoms with van der Waals surface area (Å²) < 4.78 is 39.9. The van der Waals surface area contributed by atoms with Crippen LogP contribution in [0.3, 0.4) is 0 Å². The molecular formula is C17H15F3N2O3. The Morgan fingerprint density at radius 3 is 2.56 bits per heavy atom. The van der Waals surface area contributed by atoms with E-state index in [-0.39, 0.29) is 24.2 Å². The third-order valence-corrected chi connectivity index (χ3v) is 4.16. The predicted molar refractivity (Wildman–Crippen MR) is 82.9 cm³/mol. The Morgan fingerprint density at radius 1 is 1.16 bits per heavy atom. The number of β-amino-alcohol motifs (C(OH)–C–C–N with tert-alkyl or cyclic N) is 1. The van der Waals surface area contributed by atoms with Gasteiger partial charge in [-0.1, -0.05) is 24.3 Å². The summed E-state index contributed by atoms with van der Waals surface area (Å²) in [5.41, 5.74) is -1.43. The topological polar surface area (TPSA) is 73.4 Å². The Balaban J connectivity index is 2.01. The monoisotopic (exact) mass is 352 g/mol. The molecular weight excluding hydrogens is 337 g/mol. The number of aromatic nitrogens is 1. The number of aliphatic hydroxyl groups is 1. The van der Waals surface area contributed by atoms with E-state index < -0.39 is 35.4 Å². The molecule has 0 bridgehead atoms. The SMILES string of the molecule is O=C(c1cccc(=O)[nH]1)N1CC(O)CC1c1ccccc1C(F)(F)F. The second-order valence-electron chi connectivity index (χ2n) is 5.88. The number of aromatic amines is 1. The number of aliphatic hydroxyl groups excluding tert-OH is 1. The van der Waals surface area contributed by atoms with Crippen molar-refractivity contribution in [3.63, 3.8) is 0 Å². The molecule has 2 atom stereocenters. The van der Waals surface area contributed by atoms with Gasteiger partial charge in [-0.2, -0.15) is 13.2 Å². The lowest BCUT2D eigenvalue weighted by Crippen LogP contribution is -2.34. The molecule has 0 saturated carbocycles. The van der Waals surface area contributed by atoms with Crippen molar-refractivity contribution in [3.05, 3.63) is 69.6 Å². The average Bonchev–Trinajstić information content (AvgIpc) is 2.95. The first-order valence-electron chi connectivity index (χ1n) is 7.62. The minimum atomic E-state index is -4.57. The van der Waals surface area contributed by atoms with Gasteiger partial charge in [0.15, 0.2) is 0 Å². The zero-order valence-corrected chi connectivity index (χ0v) is 13.0. The fraction of sp³-hybridized carbons (Fsp3) is 0.294. The highest BCUT2D eigenvalue weighted by atomic mass is 19.4. The normalized spacial score (nSPS) is 20.7. The molecule has 132 valence electrons. The van der Waals surface area contributed by atoms with Crippen LogP contribution in [-0.2, 0) is 6.18 Å². The van der Waals surface area contributed by atoms with Gasteiger partial charge >= 0.3 is 6.18 Å². The van der Waals surface area contributed by atoms with Gasteiger partial charge in [-0.3, -0.25) is 9.59 Å². The molecule has 0 spiro atoms. The quantitative estimate of drug-likeness (QED) is 0.871. The van der Waals surface area contributed by atoms with Crippen LogP contribution in [0.2, 0.25) is 0 Å². The molecule has 1 aliphatic heterocycles. The van der Waals surface area contributed by atoms with Crippen molar-refractivity contribution in [3.8, 4) is 0 Å². The fourth-order valence-electron chi connectivity index (χ4n) is 3.11. The highest BCUT2D eigenvalue weighted by molar-refractivity contribution is 5.92. The lowest BCUT2D eigenvalue weighted by atomic mass is 9.97. The molecule has 3 rings (SSSR count). The van der Waals surface area contributed by atoms with Gasteiger partial charge in [0, 0.05) is 12.6 Å². The highest BCUT2D eigenvalue weighted by Crippen LogP contribution is 2.40. The average molecular weight is 352 g/mol. The number of likely N-dealkylation sites (tertiary alicyclic amines) is 1. The number of pyridine rings is 1. The summed E-state index contributed by atoms with van der Waals surface area (Å²) in [6.45, 7) is -0.105. The van der Waals surface area contributed by atoms with Gasteiger partial charge < -0.3 is 15.0 Å². The number of hydrogen-bond donors (Lipinski definition) is 2. The van der Waals surface area contributed by atoms with E-state index in [4.69, 9.17) is 0 Å². The van der Waals surface area contributed by atoms with E-state index in [0.717, 1.165) is 6.07 Å². The third kappa shape index (κ3) is 3.43. The maximum absolute atomic E-state index is 13.3. The first kappa shape index (κ1) is 17.2. The highest BCUT2D eigenvalue weighted by Gasteiger charge is 2.41. The maximum Gasteiger partial charge on any atom is 0.416 e. The summed E-state index contributed by atoms with van der Waals surface area (Å²) >= 11 is 0. The number of halogens is 3. The molecule has 2 N–H and O–H groups in total. The number of amides is 1. The zero-order valence-electron chi connectivity index (χ0n) is 13.0. The van der Waals surface area contributed by atoms with E-state index >= 15 is 0 Å². The number of alkyl halides is 3. The van der Waals surface area contributed by atoms with Crippen molar-refractivity contribution in [2.24, 2.45) is 0 Å². The van der Waals surface area contributed by atoms with E-state index in [1.165, 1.54) is 41.3 Å². The minimum absolute atomic E-state index is 0.00407. The Bertz CT molecular complexity index is 847. The van der Waals surface area contributed by atoms with E-state index in [1.54, 1.807) is 0 Å². The molecule has 1 aliphatic rings. The van der Waals surface area contributed by atoms with Crippen LogP contribution in [0.4, 0.5) is 13.2 Å². The van der Waals surface area contributed by atoms with E-state index in [0.29, 0.717) is 0 Å². The number of rotatable bonds is 2. The molecule has 8 heteroatoms. The summed E-state index contributed by atoms with van der Waals surface area (Å²) in [5, 5.41) is 9.93. The van der Waals surface area contributed by atoms with Crippen LogP contribution in [0.15, 0.2) is 47.3 Å². The van der Waals surface area contributed by atoms with Gasteiger partial charge in [-0.25, -0.2) is 0 Å². The molecule has 1 aromatic carbocycles. The number of H-pyrrole nitrogens is 1. The fourth-order valence-corrected chi connectivity index (χ4v) is 3.11. The second-order valence-corrected chi connectivity index (χ2v) is 5.88. The molecule has 2 aromatic rings. The lowest BCUT2D eigenvalue weighted by molar-refractivity contribution is -0.138. The van der Waals surface area contributed by atoms with Gasteiger partial charge in [0.1, 0.15) is 5.69 Å². The second kappa shape index (κ2) is 6.36. The van der Waals surface area contributed by atoms with Crippen LogP contribution >= 0.6 is 0 Å². The number of hydrogen-bond acceptors (Lipinski definition) is 3. The van der Waals surface area contributed by atoms with Gasteiger partial charge in [0.2, 0.25) is 5.56 Å². The van der Waals surface area contributed by atoms with Gasteiger partial charge in [0.25, 0.3) is 5.91 Å². The number of carbonyl (C=O) groups is 1. The number of nitrogens with zero attached hydrogens (tertiary/aromatic N) is 1. The summed E-state index contributed by atoms with van der Waals surface area (Å²) in [7, 11) is 0. The molecule has 0 radical (unpaired) electrons. The Hall–Kier alpha value is -2.61. The summed E-state index contributed by atoms with van der Waals surface area (Å²) in [5.74, 6) is -0.628. The van der Waals surface area contributed by atoms with Gasteiger partial charge in [-0.05, 0) is 24.1 Å². The maximum atomic E-state index is 13.3. The van der Waals surface area contributed by atoms with Crippen LogP contribution in [0.25, 0.3) is 0 Å². The van der Waals surface area contributed by atoms with Crippen LogP contribution in [0.5, 0.6) is 0 Å². The Morgan fingerprint density at radius 2 is 1.88 bits per heavy atom. The van der Waals surface area contributed by atoms with Crippen molar-refractivity contribution in [1.29, 1.82) is 0 Å². The van der Waals surface area contributed by atoms with Crippen LogP contribution in [-0.4, -0.2) is 33.5 Å². The largest absolute Gasteiger partial charge is 0.416 e. The first-order valence-corrected chi connectivity index (χ1v) is 7.62. The zero-order chi connectivity index (χ0) is 18.2. The van der Waals surface area contributed by atoms with Crippen LogP contribution in [0, 0.1) is 0 Å². The number of carbonyl (C=O) groups excluding carboxylic acids is 1. The number of benzene rings is 1. The predicted octanol–water partition coefficient (Wildman–Crippen LogP) is 2.34.